The Balaban J connectivity index is 1.71. The zero-order valence-electron chi connectivity index (χ0n) is 12.8. The smallest absolute Gasteiger partial charge is 0.321 e. The first-order valence-electron chi connectivity index (χ1n) is 8.23. The number of hydrogen-bond donors (Lipinski definition) is 3. The van der Waals surface area contributed by atoms with Crippen LogP contribution in [0.2, 0.25) is 0 Å². The normalized spacial score (nSPS) is 24.5. The molecular formula is C15H28N4O2. The molecule has 0 radical (unpaired) electrons. The van der Waals surface area contributed by atoms with Crippen LogP contribution in [0.3, 0.4) is 0 Å². The Hall–Kier alpha value is -1.14. The first kappa shape index (κ1) is 16.2. The molecule has 0 bridgehead atoms. The molecule has 0 aromatic rings. The van der Waals surface area contributed by atoms with Crippen molar-refractivity contribution >= 4 is 11.9 Å². The molecule has 1 heterocycles. The van der Waals surface area contributed by atoms with Crippen molar-refractivity contribution in [2.45, 2.75) is 63.5 Å². The Kier molecular flexibility index (Phi) is 6.45. The molecule has 21 heavy (non-hydrogen) atoms. The Morgan fingerprint density at radius 1 is 1.05 bits per heavy atom. The van der Waals surface area contributed by atoms with Crippen LogP contribution in [0.25, 0.3) is 0 Å². The number of piperidine rings is 1. The third-order valence-corrected chi connectivity index (χ3v) is 4.56. The van der Waals surface area contributed by atoms with Crippen molar-refractivity contribution in [1.82, 2.24) is 15.5 Å². The minimum Gasteiger partial charge on any atom is -0.335 e. The standard InChI is InChI=1S/C15H28N4O2/c16-10-13-8-4-5-9-19(13)11-14(20)18-15(21)17-12-6-2-1-3-7-12/h12-13H,1-11,16H2,(H2,17,18,20,21). The molecule has 1 unspecified atom stereocenters. The molecular weight excluding hydrogens is 268 g/mol. The van der Waals surface area contributed by atoms with Gasteiger partial charge in [-0.1, -0.05) is 25.7 Å². The number of carbonyl (C=O) groups is 2. The molecule has 1 aliphatic heterocycles. The first-order chi connectivity index (χ1) is 10.2. The number of likely N-dealkylation sites (tertiary alicyclic amines) is 1. The molecule has 1 saturated carbocycles. The summed E-state index contributed by atoms with van der Waals surface area (Å²) in [4.78, 5) is 25.9. The zero-order valence-corrected chi connectivity index (χ0v) is 12.8. The van der Waals surface area contributed by atoms with E-state index in [1.807, 2.05) is 0 Å². The number of amides is 3. The van der Waals surface area contributed by atoms with Crippen LogP contribution in [0.15, 0.2) is 0 Å². The van der Waals surface area contributed by atoms with Crippen LogP contribution in [0.5, 0.6) is 0 Å². The lowest BCUT2D eigenvalue weighted by Crippen LogP contribution is -2.51. The van der Waals surface area contributed by atoms with Gasteiger partial charge in [-0.25, -0.2) is 4.79 Å². The van der Waals surface area contributed by atoms with E-state index < -0.39 is 0 Å². The average molecular weight is 296 g/mol. The van der Waals surface area contributed by atoms with Gasteiger partial charge in [-0.05, 0) is 32.2 Å². The van der Waals surface area contributed by atoms with Crippen LogP contribution >= 0.6 is 0 Å². The van der Waals surface area contributed by atoms with E-state index in [1.165, 1.54) is 12.8 Å². The third kappa shape index (κ3) is 5.28. The second kappa shape index (κ2) is 8.34. The lowest BCUT2D eigenvalue weighted by Gasteiger charge is -2.34. The van der Waals surface area contributed by atoms with E-state index in [1.54, 1.807) is 0 Å². The Morgan fingerprint density at radius 2 is 1.76 bits per heavy atom. The predicted octanol–water partition coefficient (Wildman–Crippen LogP) is 0.958. The van der Waals surface area contributed by atoms with Crippen LogP contribution in [-0.4, -0.2) is 48.6 Å². The predicted molar refractivity (Wildman–Crippen MR) is 81.8 cm³/mol. The number of nitrogens with one attached hydrogen (secondary N) is 2. The highest BCUT2D eigenvalue weighted by molar-refractivity contribution is 5.95. The molecule has 0 spiro atoms. The van der Waals surface area contributed by atoms with Gasteiger partial charge < -0.3 is 11.1 Å². The highest BCUT2D eigenvalue weighted by Crippen LogP contribution is 2.17. The molecule has 0 aromatic carbocycles. The fourth-order valence-electron chi connectivity index (χ4n) is 3.35. The summed E-state index contributed by atoms with van der Waals surface area (Å²) >= 11 is 0. The maximum Gasteiger partial charge on any atom is 0.321 e. The van der Waals surface area contributed by atoms with E-state index in [4.69, 9.17) is 5.73 Å². The van der Waals surface area contributed by atoms with Gasteiger partial charge in [0.1, 0.15) is 0 Å². The second-order valence-corrected chi connectivity index (χ2v) is 6.21. The molecule has 120 valence electrons. The van der Waals surface area contributed by atoms with Crippen molar-refractivity contribution < 1.29 is 9.59 Å². The van der Waals surface area contributed by atoms with Crippen molar-refractivity contribution in [3.63, 3.8) is 0 Å². The minimum absolute atomic E-state index is 0.221. The number of urea groups is 1. The van der Waals surface area contributed by atoms with Crippen molar-refractivity contribution in [2.24, 2.45) is 5.73 Å². The Morgan fingerprint density at radius 3 is 2.48 bits per heavy atom. The van der Waals surface area contributed by atoms with E-state index in [-0.39, 0.29) is 30.6 Å². The van der Waals surface area contributed by atoms with Crippen LogP contribution < -0.4 is 16.4 Å². The molecule has 6 nitrogen and oxygen atoms in total. The number of rotatable bonds is 4. The molecule has 2 fully saturated rings. The summed E-state index contributed by atoms with van der Waals surface area (Å²) in [6.07, 6.45) is 8.90. The molecule has 0 aromatic heterocycles. The summed E-state index contributed by atoms with van der Waals surface area (Å²) in [5.74, 6) is -0.233. The van der Waals surface area contributed by atoms with Gasteiger partial charge in [-0.15, -0.1) is 0 Å². The van der Waals surface area contributed by atoms with Crippen molar-refractivity contribution in [2.75, 3.05) is 19.6 Å². The molecule has 4 N–H and O–H groups in total. The van der Waals surface area contributed by atoms with Crippen LogP contribution in [0, 0.1) is 0 Å². The van der Waals surface area contributed by atoms with E-state index >= 15 is 0 Å². The van der Waals surface area contributed by atoms with Crippen LogP contribution in [-0.2, 0) is 4.79 Å². The number of nitrogens with zero attached hydrogens (tertiary/aromatic N) is 1. The number of imide groups is 1. The fourth-order valence-corrected chi connectivity index (χ4v) is 3.35. The molecule has 6 heteroatoms. The highest BCUT2D eigenvalue weighted by atomic mass is 16.2. The lowest BCUT2D eigenvalue weighted by atomic mass is 9.96. The van der Waals surface area contributed by atoms with Gasteiger partial charge in [-0.3, -0.25) is 15.0 Å². The molecule has 1 saturated heterocycles. The summed E-state index contributed by atoms with van der Waals surface area (Å²) in [6, 6.07) is 0.137. The summed E-state index contributed by atoms with van der Waals surface area (Å²) in [6.45, 7) is 1.72. The van der Waals surface area contributed by atoms with Crippen molar-refractivity contribution in [1.29, 1.82) is 0 Å². The summed E-state index contributed by atoms with van der Waals surface area (Å²) in [5, 5.41) is 5.35. The van der Waals surface area contributed by atoms with E-state index in [9.17, 15) is 9.59 Å². The average Bonchev–Trinajstić information content (AvgIpc) is 2.48. The number of nitrogens with two attached hydrogens (primary N) is 1. The van der Waals surface area contributed by atoms with Gasteiger partial charge in [0.05, 0.1) is 6.54 Å². The quantitative estimate of drug-likeness (QED) is 0.721. The monoisotopic (exact) mass is 296 g/mol. The lowest BCUT2D eigenvalue weighted by molar-refractivity contribution is -0.122. The fraction of sp³-hybridized carbons (Fsp3) is 0.867. The van der Waals surface area contributed by atoms with Crippen LogP contribution in [0.1, 0.15) is 51.4 Å². The largest absolute Gasteiger partial charge is 0.335 e. The number of carbonyl (C=O) groups excluding carboxylic acids is 2. The maximum atomic E-state index is 12.0. The summed E-state index contributed by atoms with van der Waals surface area (Å²) < 4.78 is 0. The topological polar surface area (TPSA) is 87.5 Å². The van der Waals surface area contributed by atoms with Gasteiger partial charge in [0.25, 0.3) is 0 Å². The Bertz CT molecular complexity index is 356. The number of hydrogen-bond acceptors (Lipinski definition) is 4. The summed E-state index contributed by atoms with van der Waals surface area (Å²) in [5.41, 5.74) is 5.74. The molecule has 1 atom stereocenters. The summed E-state index contributed by atoms with van der Waals surface area (Å²) in [7, 11) is 0. The Labute approximate surface area is 126 Å². The highest BCUT2D eigenvalue weighted by Gasteiger charge is 2.24. The van der Waals surface area contributed by atoms with Crippen molar-refractivity contribution in [3.8, 4) is 0 Å². The van der Waals surface area contributed by atoms with E-state index in [2.05, 4.69) is 15.5 Å². The van der Waals surface area contributed by atoms with Crippen LogP contribution in [0.4, 0.5) is 4.79 Å². The molecule has 1 aliphatic carbocycles. The first-order valence-corrected chi connectivity index (χ1v) is 8.23. The van der Waals surface area contributed by atoms with Gasteiger partial charge in [0.15, 0.2) is 0 Å². The zero-order chi connectivity index (χ0) is 15.1. The van der Waals surface area contributed by atoms with E-state index in [0.717, 1.165) is 45.1 Å². The SMILES string of the molecule is NCC1CCCCN1CC(=O)NC(=O)NC1CCCCC1. The maximum absolute atomic E-state index is 12.0. The van der Waals surface area contributed by atoms with E-state index in [0.29, 0.717) is 6.54 Å². The second-order valence-electron chi connectivity index (χ2n) is 6.21. The molecule has 3 amide bonds. The van der Waals surface area contributed by atoms with Gasteiger partial charge in [-0.2, -0.15) is 0 Å². The minimum atomic E-state index is -0.354. The third-order valence-electron chi connectivity index (χ3n) is 4.56. The van der Waals surface area contributed by atoms with Gasteiger partial charge >= 0.3 is 6.03 Å². The molecule has 2 rings (SSSR count). The van der Waals surface area contributed by atoms with Crippen molar-refractivity contribution in [3.05, 3.63) is 0 Å². The van der Waals surface area contributed by atoms with Gasteiger partial charge in [0.2, 0.25) is 5.91 Å². The van der Waals surface area contributed by atoms with Gasteiger partial charge in [0, 0.05) is 18.6 Å². The molecule has 2 aliphatic rings.